The van der Waals surface area contributed by atoms with Crippen LogP contribution in [0.1, 0.15) is 19.8 Å². The number of carbonyl (C=O) groups is 1. The van der Waals surface area contributed by atoms with Gasteiger partial charge in [0.1, 0.15) is 6.54 Å². The maximum absolute atomic E-state index is 11.7. The molecule has 0 aromatic carbocycles. The number of morpholine rings is 1. The Bertz CT molecular complexity index is 384. The average Bonchev–Trinajstić information content (AvgIpc) is 2.62. The number of nitrogens with zero attached hydrogens (tertiary/aromatic N) is 3. The van der Waals surface area contributed by atoms with Crippen molar-refractivity contribution < 1.29 is 14.3 Å². The van der Waals surface area contributed by atoms with Crippen molar-refractivity contribution in [3.63, 3.8) is 0 Å². The molecule has 8 heteroatoms. The second-order valence-electron chi connectivity index (χ2n) is 6.16. The van der Waals surface area contributed by atoms with E-state index >= 15 is 0 Å². The Morgan fingerprint density at radius 1 is 1.20 bits per heavy atom. The van der Waals surface area contributed by atoms with Gasteiger partial charge in [-0.25, -0.2) is 4.99 Å². The van der Waals surface area contributed by atoms with E-state index in [1.165, 1.54) is 0 Å². The summed E-state index contributed by atoms with van der Waals surface area (Å²) in [4.78, 5) is 20.1. The van der Waals surface area contributed by atoms with Crippen molar-refractivity contribution in [3.05, 3.63) is 0 Å². The van der Waals surface area contributed by atoms with Gasteiger partial charge in [0, 0.05) is 53.5 Å². The molecule has 0 saturated carbocycles. The Balaban J connectivity index is 2.29. The Labute approximate surface area is 151 Å². The quantitative estimate of drug-likeness (QED) is 0.302. The number of amides is 1. The highest BCUT2D eigenvalue weighted by Crippen LogP contribution is 1.97. The minimum absolute atomic E-state index is 0.0104. The summed E-state index contributed by atoms with van der Waals surface area (Å²) in [5.41, 5.74) is 0. The van der Waals surface area contributed by atoms with Crippen LogP contribution >= 0.6 is 0 Å². The third kappa shape index (κ3) is 11.0. The van der Waals surface area contributed by atoms with Gasteiger partial charge in [-0.05, 0) is 26.3 Å². The number of likely N-dealkylation sites (N-methyl/N-ethyl adjacent to an activating group) is 1. The van der Waals surface area contributed by atoms with Gasteiger partial charge in [0.15, 0.2) is 5.96 Å². The van der Waals surface area contributed by atoms with E-state index in [4.69, 9.17) is 9.47 Å². The van der Waals surface area contributed by atoms with Gasteiger partial charge in [-0.3, -0.25) is 9.69 Å². The largest absolute Gasteiger partial charge is 0.382 e. The van der Waals surface area contributed by atoms with E-state index in [9.17, 15) is 4.79 Å². The van der Waals surface area contributed by atoms with Crippen molar-refractivity contribution in [3.8, 4) is 0 Å². The normalized spacial score (nSPS) is 15.9. The number of nitrogens with one attached hydrogen (secondary N) is 2. The van der Waals surface area contributed by atoms with Crippen LogP contribution < -0.4 is 10.6 Å². The van der Waals surface area contributed by atoms with Crippen LogP contribution in [0, 0.1) is 0 Å². The molecule has 0 atom stereocenters. The minimum atomic E-state index is -0.0104. The Hall–Kier alpha value is -1.38. The summed E-state index contributed by atoms with van der Waals surface area (Å²) in [6.45, 7) is 9.91. The fraction of sp³-hybridized carbons (Fsp3) is 0.882. The molecule has 0 bridgehead atoms. The highest BCUT2D eigenvalue weighted by Gasteiger charge is 2.09. The summed E-state index contributed by atoms with van der Waals surface area (Å²) in [6, 6.07) is 0. The van der Waals surface area contributed by atoms with Crippen LogP contribution in [-0.2, 0) is 14.3 Å². The van der Waals surface area contributed by atoms with Crippen LogP contribution in [0.2, 0.25) is 0 Å². The number of hydrogen-bond acceptors (Lipinski definition) is 5. The molecule has 1 fully saturated rings. The van der Waals surface area contributed by atoms with E-state index in [1.807, 2.05) is 6.92 Å². The maximum atomic E-state index is 11.7. The summed E-state index contributed by atoms with van der Waals surface area (Å²) in [6.07, 6.45) is 1.94. The zero-order chi connectivity index (χ0) is 18.3. The number of guanidine groups is 1. The predicted molar refractivity (Wildman–Crippen MR) is 100.0 cm³/mol. The zero-order valence-corrected chi connectivity index (χ0v) is 16.1. The molecule has 2 N–H and O–H groups in total. The zero-order valence-electron chi connectivity index (χ0n) is 16.1. The molecular weight excluding hydrogens is 322 g/mol. The summed E-state index contributed by atoms with van der Waals surface area (Å²) in [5.74, 6) is 0.678. The molecule has 0 spiro atoms. The molecule has 0 radical (unpaired) electrons. The fourth-order valence-electron chi connectivity index (χ4n) is 2.32. The first-order valence-corrected chi connectivity index (χ1v) is 9.23. The van der Waals surface area contributed by atoms with E-state index in [1.54, 1.807) is 19.0 Å². The monoisotopic (exact) mass is 357 g/mol. The molecule has 1 saturated heterocycles. The SMILES string of the molecule is CCOCCCNC(=NCC(=O)N(C)C)NCCCN1CCOCC1. The molecular formula is C17H35N5O3. The number of aliphatic imine (C=N–C) groups is 1. The Morgan fingerprint density at radius 2 is 1.88 bits per heavy atom. The molecule has 1 amide bonds. The number of ether oxygens (including phenoxy) is 2. The van der Waals surface area contributed by atoms with E-state index < -0.39 is 0 Å². The third-order valence-electron chi connectivity index (χ3n) is 3.88. The smallest absolute Gasteiger partial charge is 0.243 e. The Kier molecular flexibility index (Phi) is 12.0. The fourth-order valence-corrected chi connectivity index (χ4v) is 2.32. The van der Waals surface area contributed by atoms with Gasteiger partial charge in [-0.15, -0.1) is 0 Å². The lowest BCUT2D eigenvalue weighted by molar-refractivity contribution is -0.127. The highest BCUT2D eigenvalue weighted by molar-refractivity contribution is 5.84. The van der Waals surface area contributed by atoms with Crippen LogP contribution in [-0.4, -0.2) is 101 Å². The molecule has 1 aliphatic rings. The van der Waals surface area contributed by atoms with Crippen LogP contribution in [0.5, 0.6) is 0 Å². The average molecular weight is 357 g/mol. The summed E-state index contributed by atoms with van der Waals surface area (Å²) in [5, 5.41) is 6.58. The molecule has 8 nitrogen and oxygen atoms in total. The minimum Gasteiger partial charge on any atom is -0.382 e. The molecule has 0 aromatic heterocycles. The summed E-state index contributed by atoms with van der Waals surface area (Å²) < 4.78 is 10.7. The molecule has 0 aromatic rings. The lowest BCUT2D eigenvalue weighted by atomic mass is 10.3. The van der Waals surface area contributed by atoms with Crippen LogP contribution in [0.25, 0.3) is 0 Å². The van der Waals surface area contributed by atoms with Crippen molar-refractivity contribution in [2.45, 2.75) is 19.8 Å². The van der Waals surface area contributed by atoms with Crippen LogP contribution in [0.4, 0.5) is 0 Å². The van der Waals surface area contributed by atoms with Gasteiger partial charge in [-0.2, -0.15) is 0 Å². The molecule has 1 rings (SSSR count). The number of carbonyl (C=O) groups excluding carboxylic acids is 1. The van der Waals surface area contributed by atoms with Crippen molar-refractivity contribution in [2.24, 2.45) is 4.99 Å². The molecule has 146 valence electrons. The van der Waals surface area contributed by atoms with Gasteiger partial charge in [0.2, 0.25) is 5.91 Å². The van der Waals surface area contributed by atoms with Gasteiger partial charge in [0.05, 0.1) is 13.2 Å². The number of rotatable bonds is 11. The van der Waals surface area contributed by atoms with Crippen LogP contribution in [0.3, 0.4) is 0 Å². The number of hydrogen-bond donors (Lipinski definition) is 2. The third-order valence-corrected chi connectivity index (χ3v) is 3.88. The van der Waals surface area contributed by atoms with E-state index in [2.05, 4.69) is 20.5 Å². The lowest BCUT2D eigenvalue weighted by Crippen LogP contribution is -2.41. The maximum Gasteiger partial charge on any atom is 0.243 e. The highest BCUT2D eigenvalue weighted by atomic mass is 16.5. The standard InChI is InChI=1S/C17H35N5O3/c1-4-24-12-6-8-19-17(20-15-16(23)21(2)3)18-7-5-9-22-10-13-25-14-11-22/h4-15H2,1-3H3,(H2,18,19,20). The molecule has 0 aliphatic carbocycles. The van der Waals surface area contributed by atoms with Crippen molar-refractivity contribution in [1.29, 1.82) is 0 Å². The topological polar surface area (TPSA) is 78.4 Å². The molecule has 0 unspecified atom stereocenters. The lowest BCUT2D eigenvalue weighted by Gasteiger charge is -2.26. The van der Waals surface area contributed by atoms with Gasteiger partial charge in [0.25, 0.3) is 0 Å². The molecule has 1 heterocycles. The first-order valence-electron chi connectivity index (χ1n) is 9.23. The van der Waals surface area contributed by atoms with Crippen molar-refractivity contribution >= 4 is 11.9 Å². The first kappa shape index (κ1) is 21.7. The molecule has 25 heavy (non-hydrogen) atoms. The van der Waals surface area contributed by atoms with E-state index in [0.717, 1.165) is 72.0 Å². The first-order chi connectivity index (χ1) is 12.1. The summed E-state index contributed by atoms with van der Waals surface area (Å²) >= 11 is 0. The second-order valence-corrected chi connectivity index (χ2v) is 6.16. The second kappa shape index (κ2) is 13.9. The summed E-state index contributed by atoms with van der Waals surface area (Å²) in [7, 11) is 3.48. The van der Waals surface area contributed by atoms with E-state index in [0.29, 0.717) is 5.96 Å². The van der Waals surface area contributed by atoms with E-state index in [-0.39, 0.29) is 12.5 Å². The van der Waals surface area contributed by atoms with Crippen molar-refractivity contribution in [2.75, 3.05) is 79.8 Å². The van der Waals surface area contributed by atoms with Gasteiger partial charge < -0.3 is 25.0 Å². The van der Waals surface area contributed by atoms with Crippen molar-refractivity contribution in [1.82, 2.24) is 20.4 Å². The predicted octanol–water partition coefficient (Wildman–Crippen LogP) is -0.241. The van der Waals surface area contributed by atoms with Gasteiger partial charge >= 0.3 is 0 Å². The molecule has 1 aliphatic heterocycles. The van der Waals surface area contributed by atoms with Crippen LogP contribution in [0.15, 0.2) is 4.99 Å². The van der Waals surface area contributed by atoms with Gasteiger partial charge in [-0.1, -0.05) is 0 Å². The Morgan fingerprint density at radius 3 is 2.52 bits per heavy atom.